The normalized spacial score (nSPS) is 9.50. The Morgan fingerprint density at radius 2 is 2.39 bits per heavy atom. The minimum absolute atomic E-state index is 0.0171. The fourth-order valence-corrected chi connectivity index (χ4v) is 1.33. The van der Waals surface area contributed by atoms with E-state index < -0.39 is 10.8 Å². The molecule has 0 aliphatic carbocycles. The molecule has 18 heavy (non-hydrogen) atoms. The number of carbonyl (C=O) groups excluding carboxylic acids is 1. The molecule has 0 aliphatic heterocycles. The summed E-state index contributed by atoms with van der Waals surface area (Å²) in [6, 6.07) is 3.00. The van der Waals surface area contributed by atoms with Crippen LogP contribution >= 0.6 is 0 Å². The Morgan fingerprint density at radius 3 is 2.94 bits per heavy atom. The number of aromatic nitrogens is 1. The van der Waals surface area contributed by atoms with Gasteiger partial charge in [-0.05, 0) is 12.5 Å². The minimum atomic E-state index is -0.665. The lowest BCUT2D eigenvalue weighted by Crippen LogP contribution is -2.13. The molecule has 8 nitrogen and oxygen atoms in total. The van der Waals surface area contributed by atoms with Crippen LogP contribution in [0.1, 0.15) is 18.4 Å². The van der Waals surface area contributed by atoms with E-state index in [0.717, 1.165) is 0 Å². The molecule has 1 amide bonds. The Morgan fingerprint density at radius 1 is 1.67 bits per heavy atom. The molecule has 0 saturated carbocycles. The first-order chi connectivity index (χ1) is 8.56. The topological polar surface area (TPSA) is 135 Å². The van der Waals surface area contributed by atoms with Gasteiger partial charge in [-0.1, -0.05) is 0 Å². The number of nitro groups is 1. The Hall–Kier alpha value is -2.69. The number of nitriles is 1. The van der Waals surface area contributed by atoms with E-state index in [-0.39, 0.29) is 23.5 Å². The molecular formula is C10H11N5O3. The van der Waals surface area contributed by atoms with Crippen molar-refractivity contribution >= 4 is 17.4 Å². The highest BCUT2D eigenvalue weighted by Crippen LogP contribution is 2.25. The van der Waals surface area contributed by atoms with Crippen LogP contribution in [0.25, 0.3) is 0 Å². The van der Waals surface area contributed by atoms with Crippen molar-refractivity contribution in [2.75, 3.05) is 11.9 Å². The first kappa shape index (κ1) is 13.4. The summed E-state index contributed by atoms with van der Waals surface area (Å²) in [5, 5.41) is 22.3. The van der Waals surface area contributed by atoms with E-state index in [1.54, 1.807) is 6.07 Å². The van der Waals surface area contributed by atoms with Gasteiger partial charge in [-0.15, -0.1) is 0 Å². The third-order valence-electron chi connectivity index (χ3n) is 2.12. The number of nitrogens with two attached hydrogens (primary N) is 1. The van der Waals surface area contributed by atoms with Crippen LogP contribution in [-0.4, -0.2) is 22.4 Å². The molecule has 0 radical (unpaired) electrons. The minimum Gasteiger partial charge on any atom is -0.370 e. The highest BCUT2D eigenvalue weighted by molar-refractivity contribution is 5.73. The molecule has 0 fully saturated rings. The Balaban J connectivity index is 2.80. The van der Waals surface area contributed by atoms with Crippen molar-refractivity contribution in [3.05, 3.63) is 27.9 Å². The molecule has 1 aromatic heterocycles. The number of anilines is 1. The zero-order valence-electron chi connectivity index (χ0n) is 9.42. The number of hydrogen-bond donors (Lipinski definition) is 2. The Bertz CT molecular complexity index is 509. The molecule has 8 heteroatoms. The van der Waals surface area contributed by atoms with Gasteiger partial charge < -0.3 is 11.1 Å². The van der Waals surface area contributed by atoms with E-state index in [4.69, 9.17) is 11.0 Å². The van der Waals surface area contributed by atoms with E-state index in [2.05, 4.69) is 10.3 Å². The summed E-state index contributed by atoms with van der Waals surface area (Å²) in [6.07, 6.45) is 1.92. The van der Waals surface area contributed by atoms with Crippen LogP contribution in [-0.2, 0) is 4.79 Å². The number of rotatable bonds is 6. The Kier molecular flexibility index (Phi) is 4.57. The zero-order chi connectivity index (χ0) is 13.5. The van der Waals surface area contributed by atoms with Gasteiger partial charge in [0.15, 0.2) is 0 Å². The molecule has 0 saturated heterocycles. The van der Waals surface area contributed by atoms with Crippen LogP contribution in [0.2, 0.25) is 0 Å². The molecule has 1 heterocycles. The molecule has 0 unspecified atom stereocenters. The number of primary amides is 1. The quantitative estimate of drug-likeness (QED) is 0.429. The van der Waals surface area contributed by atoms with Crippen LogP contribution in [0, 0.1) is 21.4 Å². The maximum atomic E-state index is 10.8. The molecule has 3 N–H and O–H groups in total. The molecule has 0 aliphatic rings. The van der Waals surface area contributed by atoms with Crippen molar-refractivity contribution in [2.45, 2.75) is 12.8 Å². The van der Waals surface area contributed by atoms with Gasteiger partial charge in [0, 0.05) is 19.2 Å². The van der Waals surface area contributed by atoms with Crippen molar-refractivity contribution in [1.82, 2.24) is 4.98 Å². The summed E-state index contributed by atoms with van der Waals surface area (Å²) in [6.45, 7) is 0.311. The number of carbonyl (C=O) groups is 1. The summed E-state index contributed by atoms with van der Waals surface area (Å²) in [5.41, 5.74) is 4.54. The molecule has 0 atom stereocenters. The second-order valence-electron chi connectivity index (χ2n) is 3.42. The van der Waals surface area contributed by atoms with Gasteiger partial charge in [0.1, 0.15) is 11.6 Å². The molecule has 0 bridgehead atoms. The summed E-state index contributed by atoms with van der Waals surface area (Å²) >= 11 is 0. The second-order valence-corrected chi connectivity index (χ2v) is 3.42. The third-order valence-corrected chi connectivity index (χ3v) is 2.12. The number of hydrogen-bond acceptors (Lipinski definition) is 6. The lowest BCUT2D eigenvalue weighted by molar-refractivity contribution is -0.384. The average Bonchev–Trinajstić information content (AvgIpc) is 2.33. The van der Waals surface area contributed by atoms with Crippen molar-refractivity contribution in [1.29, 1.82) is 5.26 Å². The lowest BCUT2D eigenvalue weighted by atomic mass is 10.2. The van der Waals surface area contributed by atoms with Crippen LogP contribution in [0.5, 0.6) is 0 Å². The molecule has 1 aromatic rings. The fraction of sp³-hybridized carbons (Fsp3) is 0.300. The summed E-state index contributed by atoms with van der Waals surface area (Å²) in [5.74, 6) is -0.423. The van der Waals surface area contributed by atoms with E-state index in [0.29, 0.717) is 13.0 Å². The van der Waals surface area contributed by atoms with Gasteiger partial charge in [0.05, 0.1) is 4.92 Å². The van der Waals surface area contributed by atoms with Gasteiger partial charge >= 0.3 is 5.69 Å². The third kappa shape index (κ3) is 3.41. The lowest BCUT2D eigenvalue weighted by Gasteiger charge is -2.05. The van der Waals surface area contributed by atoms with Crippen LogP contribution in [0.4, 0.5) is 11.5 Å². The van der Waals surface area contributed by atoms with Crippen LogP contribution in [0.15, 0.2) is 12.3 Å². The highest BCUT2D eigenvalue weighted by atomic mass is 16.6. The highest BCUT2D eigenvalue weighted by Gasteiger charge is 2.20. The second kappa shape index (κ2) is 6.15. The number of amides is 1. The van der Waals surface area contributed by atoms with Gasteiger partial charge in [-0.2, -0.15) is 5.26 Å². The first-order valence-corrected chi connectivity index (χ1v) is 5.12. The average molecular weight is 249 g/mol. The van der Waals surface area contributed by atoms with E-state index >= 15 is 0 Å². The fourth-order valence-electron chi connectivity index (χ4n) is 1.33. The van der Waals surface area contributed by atoms with Gasteiger partial charge in [0.2, 0.25) is 11.7 Å². The van der Waals surface area contributed by atoms with Gasteiger partial charge in [-0.3, -0.25) is 14.9 Å². The predicted octanol–water partition coefficient (Wildman–Crippen LogP) is 0.539. The number of pyridine rings is 1. The summed E-state index contributed by atoms with van der Waals surface area (Å²) < 4.78 is 0. The SMILES string of the molecule is N#Cc1ccnc(NCCCC(N)=O)c1[N+](=O)[O-]. The van der Waals surface area contributed by atoms with Crippen LogP contribution < -0.4 is 11.1 Å². The van der Waals surface area contributed by atoms with Crippen molar-refractivity contribution in [3.63, 3.8) is 0 Å². The Labute approximate surface area is 103 Å². The van der Waals surface area contributed by atoms with Gasteiger partial charge in [-0.25, -0.2) is 4.98 Å². The molecule has 94 valence electrons. The molecular weight excluding hydrogens is 238 g/mol. The monoisotopic (exact) mass is 249 g/mol. The molecule has 0 spiro atoms. The van der Waals surface area contributed by atoms with Crippen molar-refractivity contribution < 1.29 is 9.72 Å². The number of nitrogens with one attached hydrogen (secondary N) is 1. The number of nitrogens with zero attached hydrogens (tertiary/aromatic N) is 3. The smallest absolute Gasteiger partial charge is 0.328 e. The molecule has 1 rings (SSSR count). The first-order valence-electron chi connectivity index (χ1n) is 5.12. The maximum Gasteiger partial charge on any atom is 0.328 e. The van der Waals surface area contributed by atoms with Crippen molar-refractivity contribution in [2.24, 2.45) is 5.73 Å². The van der Waals surface area contributed by atoms with E-state index in [9.17, 15) is 14.9 Å². The predicted molar refractivity (Wildman–Crippen MR) is 62.5 cm³/mol. The van der Waals surface area contributed by atoms with Crippen LogP contribution in [0.3, 0.4) is 0 Å². The van der Waals surface area contributed by atoms with E-state index in [1.165, 1.54) is 12.3 Å². The summed E-state index contributed by atoms with van der Waals surface area (Å²) in [4.78, 5) is 24.5. The largest absolute Gasteiger partial charge is 0.370 e. The van der Waals surface area contributed by atoms with E-state index in [1.807, 2.05) is 0 Å². The van der Waals surface area contributed by atoms with Gasteiger partial charge in [0.25, 0.3) is 0 Å². The maximum absolute atomic E-state index is 10.8. The van der Waals surface area contributed by atoms with Crippen molar-refractivity contribution in [3.8, 4) is 6.07 Å². The zero-order valence-corrected chi connectivity index (χ0v) is 9.42. The standard InChI is InChI=1S/C10H11N5O3/c11-6-7-3-5-14-10(9(7)15(17)18)13-4-1-2-8(12)16/h3,5H,1-2,4H2,(H2,12,16)(H,13,14). The molecule has 0 aromatic carbocycles. The summed E-state index contributed by atoms with van der Waals surface area (Å²) in [7, 11) is 0.